The zero-order valence-corrected chi connectivity index (χ0v) is 17.1. The van der Waals surface area contributed by atoms with Crippen molar-refractivity contribution in [3.05, 3.63) is 28.8 Å². The Balaban J connectivity index is 2.61. The molecule has 0 aliphatic heterocycles. The number of nitrogens with zero attached hydrogens (tertiary/aromatic N) is 1. The van der Waals surface area contributed by atoms with Crippen molar-refractivity contribution < 1.29 is 0 Å². The normalized spacial score (nSPS) is 10.7. The topological polar surface area (TPSA) is 15.3 Å². The van der Waals surface area contributed by atoms with Gasteiger partial charge < -0.3 is 10.2 Å². The molecule has 0 unspecified atom stereocenters. The van der Waals surface area contributed by atoms with Gasteiger partial charge in [-0.3, -0.25) is 0 Å². The second kappa shape index (κ2) is 12.5. The minimum Gasteiger partial charge on any atom is -0.349 e. The molecule has 0 fully saturated rings. The van der Waals surface area contributed by atoms with Crippen molar-refractivity contribution in [2.45, 2.75) is 72.1 Å². The van der Waals surface area contributed by atoms with Crippen LogP contribution in [0.15, 0.2) is 18.2 Å². The van der Waals surface area contributed by atoms with Gasteiger partial charge in [0.1, 0.15) is 0 Å². The number of halogens is 1. The molecule has 1 aromatic carbocycles. The molecule has 1 aromatic rings. The SMILES string of the molecule is CCCCCCN(CCCCCC)C(=S)Nc1cc(Cl)ccc1C. The van der Waals surface area contributed by atoms with Crippen molar-refractivity contribution in [3.8, 4) is 0 Å². The van der Waals surface area contributed by atoms with E-state index >= 15 is 0 Å². The third kappa shape index (κ3) is 8.34. The molecule has 0 aliphatic carbocycles. The quantitative estimate of drug-likeness (QED) is 0.341. The number of benzene rings is 1. The maximum absolute atomic E-state index is 6.12. The lowest BCUT2D eigenvalue weighted by atomic mass is 10.1. The Kier molecular flexibility index (Phi) is 11.1. The number of rotatable bonds is 11. The molecule has 1 rings (SSSR count). The molecule has 0 heterocycles. The summed E-state index contributed by atoms with van der Waals surface area (Å²) < 4.78 is 0. The van der Waals surface area contributed by atoms with Crippen LogP contribution in [0.4, 0.5) is 5.69 Å². The van der Waals surface area contributed by atoms with Crippen molar-refractivity contribution >= 4 is 34.6 Å². The van der Waals surface area contributed by atoms with Gasteiger partial charge in [-0.2, -0.15) is 0 Å². The van der Waals surface area contributed by atoms with Crippen LogP contribution in [-0.2, 0) is 0 Å². The maximum atomic E-state index is 6.12. The molecule has 4 heteroatoms. The van der Waals surface area contributed by atoms with Gasteiger partial charge in [0, 0.05) is 23.8 Å². The highest BCUT2D eigenvalue weighted by Crippen LogP contribution is 2.21. The highest BCUT2D eigenvalue weighted by atomic mass is 35.5. The van der Waals surface area contributed by atoms with Crippen molar-refractivity contribution in [2.75, 3.05) is 18.4 Å². The van der Waals surface area contributed by atoms with Gasteiger partial charge in [0.2, 0.25) is 0 Å². The van der Waals surface area contributed by atoms with Gasteiger partial charge in [0.25, 0.3) is 0 Å². The van der Waals surface area contributed by atoms with E-state index in [4.69, 9.17) is 23.8 Å². The predicted octanol–water partition coefficient (Wildman–Crippen LogP) is 6.81. The first-order valence-corrected chi connectivity index (χ1v) is 10.2. The average Bonchev–Trinajstić information content (AvgIpc) is 2.56. The first-order chi connectivity index (χ1) is 11.6. The summed E-state index contributed by atoms with van der Waals surface area (Å²) in [4.78, 5) is 2.33. The van der Waals surface area contributed by atoms with Gasteiger partial charge in [-0.25, -0.2) is 0 Å². The third-order valence-corrected chi connectivity index (χ3v) is 4.89. The van der Waals surface area contributed by atoms with E-state index < -0.39 is 0 Å². The Morgan fingerprint density at radius 3 is 2.12 bits per heavy atom. The number of aryl methyl sites for hydroxylation is 1. The van der Waals surface area contributed by atoms with E-state index in [1.54, 1.807) is 0 Å². The van der Waals surface area contributed by atoms with Gasteiger partial charge in [0.15, 0.2) is 5.11 Å². The molecule has 2 nitrogen and oxygen atoms in total. The minimum atomic E-state index is 0.739. The second-order valence-electron chi connectivity index (χ2n) is 6.50. The van der Waals surface area contributed by atoms with E-state index in [2.05, 4.69) is 31.0 Å². The largest absolute Gasteiger partial charge is 0.349 e. The zero-order valence-electron chi connectivity index (χ0n) is 15.5. The van der Waals surface area contributed by atoms with Crippen LogP contribution in [0.1, 0.15) is 70.8 Å². The summed E-state index contributed by atoms with van der Waals surface area (Å²) in [5.41, 5.74) is 2.18. The van der Waals surface area contributed by atoms with Crippen molar-refractivity contribution in [1.29, 1.82) is 0 Å². The van der Waals surface area contributed by atoms with Crippen LogP contribution in [-0.4, -0.2) is 23.1 Å². The molecule has 0 saturated heterocycles. The fourth-order valence-corrected chi connectivity index (χ4v) is 3.16. The summed E-state index contributed by atoms with van der Waals surface area (Å²) >= 11 is 11.8. The smallest absolute Gasteiger partial charge is 0.173 e. The summed E-state index contributed by atoms with van der Waals surface area (Å²) in [6, 6.07) is 5.90. The standard InChI is InChI=1S/C20H33ClN2S/c1-4-6-8-10-14-23(15-11-9-7-5-2)20(24)22-19-16-18(21)13-12-17(19)3/h12-13,16H,4-11,14-15H2,1-3H3,(H,22,24). The Hall–Kier alpha value is -0.800. The summed E-state index contributed by atoms with van der Waals surface area (Å²) in [5.74, 6) is 0. The van der Waals surface area contributed by atoms with Crippen molar-refractivity contribution in [3.63, 3.8) is 0 Å². The van der Waals surface area contributed by atoms with Gasteiger partial charge in [0.05, 0.1) is 0 Å². The molecule has 1 N–H and O–H groups in total. The molecule has 0 atom stereocenters. The monoisotopic (exact) mass is 368 g/mol. The lowest BCUT2D eigenvalue weighted by molar-refractivity contribution is 0.391. The molecule has 0 amide bonds. The molecule has 0 spiro atoms. The zero-order chi connectivity index (χ0) is 17.8. The van der Waals surface area contributed by atoms with Crippen LogP contribution in [0.2, 0.25) is 5.02 Å². The van der Waals surface area contributed by atoms with Crippen molar-refractivity contribution in [2.24, 2.45) is 0 Å². The summed E-state index contributed by atoms with van der Waals surface area (Å²) in [7, 11) is 0. The third-order valence-electron chi connectivity index (χ3n) is 4.29. The summed E-state index contributed by atoms with van der Waals surface area (Å²) in [6.45, 7) is 8.65. The number of hydrogen-bond acceptors (Lipinski definition) is 1. The van der Waals surface area contributed by atoms with Crippen LogP contribution in [0.5, 0.6) is 0 Å². The molecule has 24 heavy (non-hydrogen) atoms. The molecule has 0 radical (unpaired) electrons. The number of nitrogens with one attached hydrogen (secondary N) is 1. The first-order valence-electron chi connectivity index (χ1n) is 9.40. The fraction of sp³-hybridized carbons (Fsp3) is 0.650. The molecular formula is C20H33ClN2S. The van der Waals surface area contributed by atoms with E-state index in [0.29, 0.717) is 0 Å². The van der Waals surface area contributed by atoms with E-state index in [1.807, 2.05) is 18.2 Å². The van der Waals surface area contributed by atoms with Crippen LogP contribution in [0.3, 0.4) is 0 Å². The highest BCUT2D eigenvalue weighted by Gasteiger charge is 2.11. The Labute approximate surface area is 159 Å². The van der Waals surface area contributed by atoms with Gasteiger partial charge in [-0.1, -0.05) is 70.0 Å². The summed E-state index contributed by atoms with van der Waals surface area (Å²) in [6.07, 6.45) is 10.1. The van der Waals surface area contributed by atoms with E-state index in [0.717, 1.165) is 28.9 Å². The first kappa shape index (κ1) is 21.2. The summed E-state index contributed by atoms with van der Waals surface area (Å²) in [5, 5.41) is 4.97. The molecule has 0 bridgehead atoms. The number of anilines is 1. The molecule has 136 valence electrons. The van der Waals surface area contributed by atoms with Gasteiger partial charge >= 0.3 is 0 Å². The average molecular weight is 369 g/mol. The number of thiocarbonyl (C=S) groups is 1. The minimum absolute atomic E-state index is 0.739. The predicted molar refractivity (Wildman–Crippen MR) is 112 cm³/mol. The van der Waals surface area contributed by atoms with Crippen LogP contribution in [0.25, 0.3) is 0 Å². The Morgan fingerprint density at radius 2 is 1.58 bits per heavy atom. The van der Waals surface area contributed by atoms with Crippen LogP contribution in [0, 0.1) is 6.92 Å². The van der Waals surface area contributed by atoms with Crippen molar-refractivity contribution in [1.82, 2.24) is 4.90 Å². The van der Waals surface area contributed by atoms with Crippen LogP contribution < -0.4 is 5.32 Å². The molecular weight excluding hydrogens is 336 g/mol. The Bertz CT molecular complexity index is 479. The number of unbranched alkanes of at least 4 members (excludes halogenated alkanes) is 6. The molecule has 0 aliphatic rings. The Morgan fingerprint density at radius 1 is 1.00 bits per heavy atom. The number of hydrogen-bond donors (Lipinski definition) is 1. The van der Waals surface area contributed by atoms with E-state index in [-0.39, 0.29) is 0 Å². The lowest BCUT2D eigenvalue weighted by Crippen LogP contribution is -2.36. The van der Waals surface area contributed by atoms with Crippen LogP contribution >= 0.6 is 23.8 Å². The highest BCUT2D eigenvalue weighted by molar-refractivity contribution is 7.80. The van der Waals surface area contributed by atoms with Gasteiger partial charge in [-0.05, 0) is 49.7 Å². The van der Waals surface area contributed by atoms with Gasteiger partial charge in [-0.15, -0.1) is 0 Å². The second-order valence-corrected chi connectivity index (χ2v) is 7.32. The van der Waals surface area contributed by atoms with E-state index in [9.17, 15) is 0 Å². The fourth-order valence-electron chi connectivity index (χ4n) is 2.70. The van der Waals surface area contributed by atoms with E-state index in [1.165, 1.54) is 56.9 Å². The molecule has 0 saturated carbocycles. The maximum Gasteiger partial charge on any atom is 0.173 e. The molecule has 0 aromatic heterocycles. The lowest BCUT2D eigenvalue weighted by Gasteiger charge is -2.26.